The van der Waals surface area contributed by atoms with Crippen molar-refractivity contribution in [2.24, 2.45) is 0 Å². The van der Waals surface area contributed by atoms with E-state index in [1.807, 2.05) is 4.90 Å². The Morgan fingerprint density at radius 3 is 2.69 bits per heavy atom. The van der Waals surface area contributed by atoms with Crippen LogP contribution in [-0.4, -0.2) is 57.0 Å². The number of benzene rings is 1. The van der Waals surface area contributed by atoms with Crippen molar-refractivity contribution in [3.05, 3.63) is 47.3 Å². The summed E-state index contributed by atoms with van der Waals surface area (Å²) >= 11 is 0. The topological polar surface area (TPSA) is 84.7 Å². The summed E-state index contributed by atoms with van der Waals surface area (Å²) in [5.41, 5.74) is 2.08. The Labute approximate surface area is 151 Å². The van der Waals surface area contributed by atoms with Gasteiger partial charge in [-0.05, 0) is 50.5 Å². The van der Waals surface area contributed by atoms with Crippen molar-refractivity contribution in [2.75, 3.05) is 13.2 Å². The summed E-state index contributed by atoms with van der Waals surface area (Å²) in [5, 5.41) is 13.3. The highest BCUT2D eigenvalue weighted by atomic mass is 16.5. The van der Waals surface area contributed by atoms with Crippen molar-refractivity contribution in [2.45, 2.75) is 38.3 Å². The fourth-order valence-electron chi connectivity index (χ4n) is 3.97. The van der Waals surface area contributed by atoms with Crippen LogP contribution < -0.4 is 0 Å². The molecule has 4 rings (SSSR count). The molecule has 1 saturated heterocycles. The molecule has 0 radical (unpaired) electrons. The predicted molar refractivity (Wildman–Crippen MR) is 93.7 cm³/mol. The van der Waals surface area contributed by atoms with Gasteiger partial charge in [-0.15, -0.1) is 0 Å². The summed E-state index contributed by atoms with van der Waals surface area (Å²) in [6, 6.07) is 7.33. The zero-order valence-electron chi connectivity index (χ0n) is 14.6. The second-order valence-electron chi connectivity index (χ2n) is 6.81. The van der Waals surface area contributed by atoms with E-state index in [1.54, 1.807) is 35.9 Å². The summed E-state index contributed by atoms with van der Waals surface area (Å²) in [5.74, 6) is -0.973. The molecule has 1 aliphatic carbocycles. The van der Waals surface area contributed by atoms with Crippen LogP contribution in [0.15, 0.2) is 30.5 Å². The molecule has 136 valence electrons. The van der Waals surface area contributed by atoms with Crippen LogP contribution >= 0.6 is 0 Å². The first-order chi connectivity index (χ1) is 12.6. The van der Waals surface area contributed by atoms with E-state index >= 15 is 0 Å². The molecule has 2 fully saturated rings. The van der Waals surface area contributed by atoms with Crippen LogP contribution in [0.4, 0.5) is 0 Å². The third-order valence-electron chi connectivity index (χ3n) is 5.34. The summed E-state index contributed by atoms with van der Waals surface area (Å²) in [7, 11) is 0. The number of carboxylic acids is 1. The van der Waals surface area contributed by atoms with E-state index in [0.717, 1.165) is 24.9 Å². The maximum absolute atomic E-state index is 12.9. The van der Waals surface area contributed by atoms with Gasteiger partial charge in [0.25, 0.3) is 5.91 Å². The first-order valence-electron chi connectivity index (χ1n) is 8.87. The number of fused-ring (bicyclic) bond motifs is 1. The Balaban J connectivity index is 1.56. The highest BCUT2D eigenvalue weighted by Gasteiger charge is 2.38. The van der Waals surface area contributed by atoms with Crippen LogP contribution in [0.2, 0.25) is 0 Å². The molecule has 2 atom stereocenters. The van der Waals surface area contributed by atoms with Crippen LogP contribution in [0.1, 0.15) is 45.7 Å². The molecule has 2 aromatic rings. The van der Waals surface area contributed by atoms with Crippen molar-refractivity contribution >= 4 is 11.9 Å². The van der Waals surface area contributed by atoms with Crippen molar-refractivity contribution in [3.8, 4) is 5.69 Å². The van der Waals surface area contributed by atoms with E-state index in [0.29, 0.717) is 24.4 Å². The minimum Gasteiger partial charge on any atom is -0.478 e. The van der Waals surface area contributed by atoms with E-state index in [2.05, 4.69) is 5.10 Å². The monoisotopic (exact) mass is 355 g/mol. The van der Waals surface area contributed by atoms with Gasteiger partial charge < -0.3 is 14.7 Å². The summed E-state index contributed by atoms with van der Waals surface area (Å²) in [4.78, 5) is 26.0. The predicted octanol–water partition coefficient (Wildman–Crippen LogP) is 2.27. The van der Waals surface area contributed by atoms with Crippen molar-refractivity contribution in [1.82, 2.24) is 14.7 Å². The molecule has 1 amide bonds. The van der Waals surface area contributed by atoms with Crippen molar-refractivity contribution in [1.29, 1.82) is 0 Å². The Bertz CT molecular complexity index is 843. The van der Waals surface area contributed by atoms with Gasteiger partial charge >= 0.3 is 5.97 Å². The van der Waals surface area contributed by atoms with Gasteiger partial charge in [0, 0.05) is 12.1 Å². The molecule has 1 aromatic carbocycles. The number of ether oxygens (including phenoxy) is 1. The van der Waals surface area contributed by atoms with Gasteiger partial charge in [0.15, 0.2) is 0 Å². The summed E-state index contributed by atoms with van der Waals surface area (Å²) in [6.45, 7) is 2.93. The number of aromatic carboxylic acids is 1. The van der Waals surface area contributed by atoms with E-state index in [9.17, 15) is 9.59 Å². The molecule has 7 nitrogen and oxygen atoms in total. The molecular weight excluding hydrogens is 334 g/mol. The van der Waals surface area contributed by atoms with Gasteiger partial charge in [-0.25, -0.2) is 9.48 Å². The van der Waals surface area contributed by atoms with Gasteiger partial charge in [-0.3, -0.25) is 4.79 Å². The van der Waals surface area contributed by atoms with E-state index in [1.165, 1.54) is 6.20 Å². The molecule has 2 aliphatic rings. The zero-order chi connectivity index (χ0) is 18.3. The van der Waals surface area contributed by atoms with Crippen LogP contribution in [0.5, 0.6) is 0 Å². The quantitative estimate of drug-likeness (QED) is 0.913. The lowest BCUT2D eigenvalue weighted by atomic mass is 10.1. The molecule has 7 heteroatoms. The summed E-state index contributed by atoms with van der Waals surface area (Å²) < 4.78 is 7.35. The molecule has 0 spiro atoms. The third-order valence-corrected chi connectivity index (χ3v) is 5.34. The fraction of sp³-hybridized carbons (Fsp3) is 0.421. The third kappa shape index (κ3) is 2.78. The highest BCUT2D eigenvalue weighted by Crippen LogP contribution is 2.30. The lowest BCUT2D eigenvalue weighted by Gasteiger charge is -2.37. The molecule has 0 unspecified atom stereocenters. The largest absolute Gasteiger partial charge is 0.478 e. The number of hydrogen-bond donors (Lipinski definition) is 1. The van der Waals surface area contributed by atoms with Gasteiger partial charge in [0.2, 0.25) is 0 Å². The second-order valence-corrected chi connectivity index (χ2v) is 6.81. The van der Waals surface area contributed by atoms with Gasteiger partial charge in [-0.1, -0.05) is 0 Å². The molecule has 0 bridgehead atoms. The maximum Gasteiger partial charge on any atom is 0.339 e. The molecule has 1 saturated carbocycles. The minimum atomic E-state index is -1.00. The molecular formula is C19H21N3O4. The van der Waals surface area contributed by atoms with Crippen LogP contribution in [0.25, 0.3) is 5.69 Å². The number of nitrogens with zero attached hydrogens (tertiary/aromatic N) is 3. The summed E-state index contributed by atoms with van der Waals surface area (Å²) in [6.07, 6.45) is 4.64. The Morgan fingerprint density at radius 2 is 2.00 bits per heavy atom. The van der Waals surface area contributed by atoms with Crippen LogP contribution in [0.3, 0.4) is 0 Å². The first kappa shape index (κ1) is 16.8. The smallest absolute Gasteiger partial charge is 0.339 e. The fourth-order valence-corrected chi connectivity index (χ4v) is 3.97. The van der Waals surface area contributed by atoms with E-state index in [4.69, 9.17) is 9.84 Å². The number of carboxylic acid groups (broad SMARTS) is 1. The molecule has 1 aromatic heterocycles. The van der Waals surface area contributed by atoms with E-state index < -0.39 is 5.97 Å². The van der Waals surface area contributed by atoms with Crippen molar-refractivity contribution < 1.29 is 19.4 Å². The number of aromatic nitrogens is 2. The number of morpholine rings is 1. The molecule has 26 heavy (non-hydrogen) atoms. The molecule has 1 aliphatic heterocycles. The number of rotatable bonds is 3. The average Bonchev–Trinajstić information content (AvgIpc) is 3.27. The Hall–Kier alpha value is -2.67. The SMILES string of the molecule is Cc1c(C(=O)O)cnn1-c1ccc(C(=O)N2CCO[C@@H]3CCC[C@H]32)cc1. The minimum absolute atomic E-state index is 0.0279. The van der Waals surface area contributed by atoms with E-state index in [-0.39, 0.29) is 23.6 Å². The molecule has 1 N–H and O–H groups in total. The lowest BCUT2D eigenvalue weighted by Crippen LogP contribution is -2.51. The number of amides is 1. The highest BCUT2D eigenvalue weighted by molar-refractivity contribution is 5.94. The van der Waals surface area contributed by atoms with Gasteiger partial charge in [-0.2, -0.15) is 5.10 Å². The second kappa shape index (κ2) is 6.57. The van der Waals surface area contributed by atoms with Crippen LogP contribution in [-0.2, 0) is 4.74 Å². The number of hydrogen-bond acceptors (Lipinski definition) is 4. The van der Waals surface area contributed by atoms with Crippen LogP contribution in [0, 0.1) is 6.92 Å². The zero-order valence-corrected chi connectivity index (χ0v) is 14.6. The van der Waals surface area contributed by atoms with Gasteiger partial charge in [0.05, 0.1) is 36.3 Å². The first-order valence-corrected chi connectivity index (χ1v) is 8.87. The number of carbonyl (C=O) groups excluding carboxylic acids is 1. The Kier molecular flexibility index (Phi) is 4.24. The molecule has 2 heterocycles. The van der Waals surface area contributed by atoms with Gasteiger partial charge in [0.1, 0.15) is 5.56 Å². The standard InChI is InChI=1S/C19H21N3O4/c1-12-15(19(24)25)11-20-22(12)14-7-5-13(6-8-14)18(23)21-9-10-26-17-4-2-3-16(17)21/h5-8,11,16-17H,2-4,9-10H2,1H3,(H,24,25)/t16-,17-/m1/s1. The lowest BCUT2D eigenvalue weighted by molar-refractivity contribution is -0.0445. The average molecular weight is 355 g/mol. The maximum atomic E-state index is 12.9. The normalized spacial score (nSPS) is 22.3. The number of carbonyl (C=O) groups is 2. The Morgan fingerprint density at radius 1 is 1.23 bits per heavy atom. The van der Waals surface area contributed by atoms with Crippen molar-refractivity contribution in [3.63, 3.8) is 0 Å².